The van der Waals surface area contributed by atoms with E-state index < -0.39 is 7.32 Å². The summed E-state index contributed by atoms with van der Waals surface area (Å²) in [5, 5.41) is 17.1. The molecule has 1 rings (SSSR count). The first-order chi connectivity index (χ1) is 6.22. The van der Waals surface area contributed by atoms with Crippen molar-refractivity contribution < 1.29 is 19.4 Å². The lowest BCUT2D eigenvalue weighted by Crippen LogP contribution is -2.20. The Morgan fingerprint density at radius 1 is 1.38 bits per heavy atom. The van der Waals surface area contributed by atoms with Crippen molar-refractivity contribution in [2.45, 2.75) is 6.61 Å². The van der Waals surface area contributed by atoms with Crippen molar-refractivity contribution in [2.24, 2.45) is 0 Å². The molecule has 0 bridgehead atoms. The highest BCUT2D eigenvalue weighted by molar-refractivity contribution is 6.33. The van der Waals surface area contributed by atoms with Crippen molar-refractivity contribution in [3.05, 3.63) is 29.8 Å². The molecule has 1 aromatic carbocycles. The molecule has 0 heterocycles. The Hall–Kier alpha value is -1.04. The normalized spacial score (nSPS) is 9.77. The molecule has 13 heavy (non-hydrogen) atoms. The number of ether oxygens (including phenoxy) is 1. The van der Waals surface area contributed by atoms with Crippen LogP contribution in [0.1, 0.15) is 5.56 Å². The van der Waals surface area contributed by atoms with Crippen LogP contribution < -0.4 is 4.65 Å². The van der Waals surface area contributed by atoms with Gasteiger partial charge in [-0.2, -0.15) is 0 Å². The van der Waals surface area contributed by atoms with Crippen LogP contribution in [0.5, 0.6) is 5.75 Å². The predicted molar refractivity (Wildman–Crippen MR) is 48.0 cm³/mol. The van der Waals surface area contributed by atoms with Crippen molar-refractivity contribution >= 4 is 7.32 Å². The van der Waals surface area contributed by atoms with Crippen LogP contribution in [-0.4, -0.2) is 24.5 Å². The highest BCUT2D eigenvalue weighted by atomic mass is 16.6. The number of hydrogen-bond donors (Lipinski definition) is 2. The summed E-state index contributed by atoms with van der Waals surface area (Å²) in [5.41, 5.74) is 0.917. The third-order valence-electron chi connectivity index (χ3n) is 1.45. The van der Waals surface area contributed by atoms with Crippen LogP contribution in [0.4, 0.5) is 0 Å². The predicted octanol–water partition coefficient (Wildman–Crippen LogP) is 0.181. The van der Waals surface area contributed by atoms with Crippen molar-refractivity contribution in [1.29, 1.82) is 0 Å². The molecule has 5 heteroatoms. The summed E-state index contributed by atoms with van der Waals surface area (Å²) in [4.78, 5) is 0. The van der Waals surface area contributed by atoms with Crippen LogP contribution in [0.3, 0.4) is 0 Å². The van der Waals surface area contributed by atoms with Gasteiger partial charge >= 0.3 is 7.32 Å². The summed E-state index contributed by atoms with van der Waals surface area (Å²) < 4.78 is 9.56. The molecule has 4 nitrogen and oxygen atoms in total. The molecule has 0 aliphatic carbocycles. The van der Waals surface area contributed by atoms with E-state index in [0.717, 1.165) is 5.56 Å². The van der Waals surface area contributed by atoms with Gasteiger partial charge in [-0.15, -0.1) is 0 Å². The zero-order chi connectivity index (χ0) is 9.68. The van der Waals surface area contributed by atoms with Crippen LogP contribution in [0.2, 0.25) is 0 Å². The molecule has 0 saturated heterocycles. The number of methoxy groups -OCH3 is 1. The Morgan fingerprint density at radius 2 is 2.15 bits per heavy atom. The topological polar surface area (TPSA) is 58.9 Å². The smallest absolute Gasteiger partial charge is 0.512 e. The number of hydrogen-bond acceptors (Lipinski definition) is 4. The second kappa shape index (κ2) is 4.86. The highest BCUT2D eigenvalue weighted by Gasteiger charge is 2.10. The quantitative estimate of drug-likeness (QED) is 0.652. The standard InChI is InChI=1S/C8H11BO4/c1-12-6-7-3-2-4-8(5-7)13-9(10)11/h2-5,10-11H,6H2,1H3. The minimum atomic E-state index is -1.78. The Balaban J connectivity index is 2.67. The van der Waals surface area contributed by atoms with Crippen LogP contribution in [-0.2, 0) is 11.3 Å². The van der Waals surface area contributed by atoms with Gasteiger partial charge in [-0.1, -0.05) is 12.1 Å². The van der Waals surface area contributed by atoms with E-state index in [1.165, 1.54) is 0 Å². The lowest BCUT2D eigenvalue weighted by Gasteiger charge is -2.06. The largest absolute Gasteiger partial charge is 0.707 e. The fourth-order valence-corrected chi connectivity index (χ4v) is 0.997. The number of benzene rings is 1. The molecule has 0 fully saturated rings. The Kier molecular flexibility index (Phi) is 3.76. The molecule has 2 N–H and O–H groups in total. The molecule has 0 radical (unpaired) electrons. The lowest BCUT2D eigenvalue weighted by molar-refractivity contribution is 0.184. The molecule has 0 aliphatic heterocycles. The van der Waals surface area contributed by atoms with Gasteiger partial charge in [0.05, 0.1) is 6.61 Å². The third-order valence-corrected chi connectivity index (χ3v) is 1.45. The summed E-state index contributed by atoms with van der Waals surface area (Å²) in [6.45, 7) is 0.471. The maximum Gasteiger partial charge on any atom is 0.707 e. The van der Waals surface area contributed by atoms with Gasteiger partial charge in [0.25, 0.3) is 0 Å². The zero-order valence-corrected chi connectivity index (χ0v) is 7.30. The third kappa shape index (κ3) is 3.46. The summed E-state index contributed by atoms with van der Waals surface area (Å²) in [6, 6.07) is 6.94. The molecular formula is C8H11BO4. The first-order valence-corrected chi connectivity index (χ1v) is 3.83. The molecule has 0 atom stereocenters. The van der Waals surface area contributed by atoms with E-state index in [2.05, 4.69) is 4.65 Å². The van der Waals surface area contributed by atoms with E-state index in [4.69, 9.17) is 14.8 Å². The second-order valence-corrected chi connectivity index (χ2v) is 2.52. The van der Waals surface area contributed by atoms with E-state index in [9.17, 15) is 0 Å². The maximum absolute atomic E-state index is 8.53. The van der Waals surface area contributed by atoms with Crippen LogP contribution in [0.25, 0.3) is 0 Å². The molecule has 0 saturated carbocycles. The van der Waals surface area contributed by atoms with E-state index in [0.29, 0.717) is 12.4 Å². The van der Waals surface area contributed by atoms with Gasteiger partial charge in [-0.25, -0.2) is 0 Å². The first-order valence-electron chi connectivity index (χ1n) is 3.83. The average Bonchev–Trinajstić information content (AvgIpc) is 2.04. The van der Waals surface area contributed by atoms with Crippen LogP contribution in [0, 0.1) is 0 Å². The molecule has 0 spiro atoms. The lowest BCUT2D eigenvalue weighted by atomic mass is 10.2. The summed E-state index contributed by atoms with van der Waals surface area (Å²) in [5.74, 6) is 0.407. The van der Waals surface area contributed by atoms with E-state index in [-0.39, 0.29) is 0 Å². The molecule has 0 aromatic heterocycles. The molecule has 1 aromatic rings. The van der Waals surface area contributed by atoms with E-state index >= 15 is 0 Å². The molecule has 70 valence electrons. The second-order valence-electron chi connectivity index (χ2n) is 2.52. The van der Waals surface area contributed by atoms with Crippen LogP contribution >= 0.6 is 0 Å². The average molecular weight is 182 g/mol. The Labute approximate surface area is 76.9 Å². The maximum atomic E-state index is 8.53. The summed E-state index contributed by atoms with van der Waals surface area (Å²) in [6.07, 6.45) is 0. The van der Waals surface area contributed by atoms with Crippen molar-refractivity contribution in [3.8, 4) is 5.75 Å². The minimum absolute atomic E-state index is 0.407. The van der Waals surface area contributed by atoms with E-state index in [1.54, 1.807) is 25.3 Å². The van der Waals surface area contributed by atoms with Gasteiger partial charge in [-0.05, 0) is 17.7 Å². The van der Waals surface area contributed by atoms with Gasteiger partial charge in [0.15, 0.2) is 0 Å². The minimum Gasteiger partial charge on any atom is -0.512 e. The molecule has 0 aliphatic rings. The van der Waals surface area contributed by atoms with E-state index in [1.807, 2.05) is 6.07 Å². The fourth-order valence-electron chi connectivity index (χ4n) is 0.997. The number of rotatable bonds is 4. The monoisotopic (exact) mass is 182 g/mol. The molecule has 0 amide bonds. The van der Waals surface area contributed by atoms with Crippen molar-refractivity contribution in [2.75, 3.05) is 7.11 Å². The van der Waals surface area contributed by atoms with Gasteiger partial charge in [-0.3, -0.25) is 0 Å². The zero-order valence-electron chi connectivity index (χ0n) is 7.30. The molecule has 0 unspecified atom stereocenters. The van der Waals surface area contributed by atoms with Crippen molar-refractivity contribution in [1.82, 2.24) is 0 Å². The van der Waals surface area contributed by atoms with Gasteiger partial charge < -0.3 is 19.4 Å². The SMILES string of the molecule is COCc1cccc(OB(O)O)c1. The van der Waals surface area contributed by atoms with Crippen LogP contribution in [0.15, 0.2) is 24.3 Å². The summed E-state index contributed by atoms with van der Waals surface area (Å²) >= 11 is 0. The Bertz CT molecular complexity index is 264. The molecular weight excluding hydrogens is 171 g/mol. The Morgan fingerprint density at radius 3 is 2.77 bits per heavy atom. The fraction of sp³-hybridized carbons (Fsp3) is 0.250. The van der Waals surface area contributed by atoms with Gasteiger partial charge in [0, 0.05) is 7.11 Å². The highest BCUT2D eigenvalue weighted by Crippen LogP contribution is 2.13. The van der Waals surface area contributed by atoms with Gasteiger partial charge in [0.1, 0.15) is 5.75 Å². The summed E-state index contributed by atoms with van der Waals surface area (Å²) in [7, 11) is -0.188. The first kappa shape index (κ1) is 10.0. The van der Waals surface area contributed by atoms with Gasteiger partial charge in [0.2, 0.25) is 0 Å². The van der Waals surface area contributed by atoms with Crippen molar-refractivity contribution in [3.63, 3.8) is 0 Å².